The monoisotopic (exact) mass is 368 g/mol. The summed E-state index contributed by atoms with van der Waals surface area (Å²) in [6, 6.07) is 0. The van der Waals surface area contributed by atoms with Gasteiger partial charge in [-0.1, -0.05) is 0 Å². The summed E-state index contributed by atoms with van der Waals surface area (Å²) in [5, 5.41) is 18.6. The molecule has 0 spiro atoms. The van der Waals surface area contributed by atoms with E-state index in [4.69, 9.17) is 5.11 Å². The molecule has 3 unspecified atom stereocenters. The summed E-state index contributed by atoms with van der Waals surface area (Å²) in [5.74, 6) is -13.0. The van der Waals surface area contributed by atoms with Crippen LogP contribution in [0.5, 0.6) is 0 Å². The number of hydrogen-bond donors (Lipinski definition) is 2. The van der Waals surface area contributed by atoms with Gasteiger partial charge in [-0.25, -0.2) is 13.2 Å². The van der Waals surface area contributed by atoms with E-state index < -0.39 is 70.4 Å². The first-order valence-corrected chi connectivity index (χ1v) is 5.95. The number of fused-ring (bicyclic) bond motifs is 1. The van der Waals surface area contributed by atoms with Gasteiger partial charge in [0.15, 0.2) is 23.5 Å². The van der Waals surface area contributed by atoms with Crippen molar-refractivity contribution in [1.29, 1.82) is 0 Å². The molecule has 0 saturated heterocycles. The minimum atomic E-state index is -5.78. The van der Waals surface area contributed by atoms with Gasteiger partial charge in [0.1, 0.15) is 11.4 Å². The minimum absolute atomic E-state index is 1.78. The molecule has 2 rings (SSSR count). The number of aliphatic hydroxyl groups is 2. The number of alkyl halides is 6. The Bertz CT molecular complexity index is 707. The fourth-order valence-electron chi connectivity index (χ4n) is 2.46. The van der Waals surface area contributed by atoms with Gasteiger partial charge in [-0.05, 0) is 0 Å². The zero-order valence-electron chi connectivity index (χ0n) is 10.9. The number of aliphatic hydroxyl groups excluding tert-OH is 2. The molecule has 2 N–H and O–H groups in total. The van der Waals surface area contributed by atoms with Crippen molar-refractivity contribution in [1.82, 2.24) is 0 Å². The third kappa shape index (κ3) is 2.53. The fraction of sp³-hybridized carbons (Fsp3) is 0.417. The van der Waals surface area contributed by atoms with Crippen LogP contribution in [0.1, 0.15) is 27.6 Å². The number of ketones is 1. The van der Waals surface area contributed by atoms with E-state index in [0.29, 0.717) is 0 Å². The van der Waals surface area contributed by atoms with Crippen LogP contribution in [0.4, 0.5) is 39.5 Å². The number of carbonyl (C=O) groups excluding carboxylic acids is 1. The maximum Gasteiger partial charge on any atom is 0.422 e. The van der Waals surface area contributed by atoms with Gasteiger partial charge in [0, 0.05) is 5.56 Å². The molecule has 1 aromatic rings. The molecule has 0 fully saturated rings. The van der Waals surface area contributed by atoms with E-state index >= 15 is 0 Å². The molecule has 0 saturated carbocycles. The Labute approximate surface area is 126 Å². The summed E-state index contributed by atoms with van der Waals surface area (Å²) in [6.07, 6.45) is -17.9. The molecule has 134 valence electrons. The van der Waals surface area contributed by atoms with Crippen LogP contribution in [0.25, 0.3) is 0 Å². The van der Waals surface area contributed by atoms with Crippen molar-refractivity contribution >= 4 is 5.78 Å². The first kappa shape index (κ1) is 18.5. The molecule has 0 aromatic heterocycles. The number of halogens is 9. The third-order valence-electron chi connectivity index (χ3n) is 3.50. The molecule has 0 aliphatic heterocycles. The first-order valence-electron chi connectivity index (χ1n) is 5.95. The third-order valence-corrected chi connectivity index (χ3v) is 3.50. The van der Waals surface area contributed by atoms with Gasteiger partial charge < -0.3 is 10.2 Å². The zero-order valence-corrected chi connectivity index (χ0v) is 10.9. The molecular weight excluding hydrogens is 363 g/mol. The highest BCUT2D eigenvalue weighted by Crippen LogP contribution is 2.47. The molecular formula is C12H5F9O3. The van der Waals surface area contributed by atoms with E-state index in [1.165, 1.54) is 0 Å². The molecule has 3 nitrogen and oxygen atoms in total. The van der Waals surface area contributed by atoms with Crippen LogP contribution in [0, 0.1) is 23.4 Å². The molecule has 0 amide bonds. The van der Waals surface area contributed by atoms with E-state index in [1.54, 1.807) is 0 Å². The second kappa shape index (κ2) is 5.34. The van der Waals surface area contributed by atoms with Crippen LogP contribution in [0.15, 0.2) is 0 Å². The largest absolute Gasteiger partial charge is 0.422 e. The van der Waals surface area contributed by atoms with Crippen LogP contribution >= 0.6 is 0 Å². The first-order chi connectivity index (χ1) is 10.7. The van der Waals surface area contributed by atoms with Gasteiger partial charge in [0.25, 0.3) is 0 Å². The smallest absolute Gasteiger partial charge is 0.387 e. The average molecular weight is 368 g/mol. The number of rotatable bonds is 1. The Balaban J connectivity index is 2.75. The van der Waals surface area contributed by atoms with Gasteiger partial charge in [-0.2, -0.15) is 26.3 Å². The second-order valence-electron chi connectivity index (χ2n) is 4.92. The Morgan fingerprint density at radius 1 is 0.917 bits per heavy atom. The summed E-state index contributed by atoms with van der Waals surface area (Å²) < 4.78 is 116. The van der Waals surface area contributed by atoms with Gasteiger partial charge in [0.05, 0.1) is 17.6 Å². The maximum absolute atomic E-state index is 13.9. The van der Waals surface area contributed by atoms with E-state index in [1.807, 2.05) is 0 Å². The predicted octanol–water partition coefficient (Wildman–Crippen LogP) is 2.89. The lowest BCUT2D eigenvalue weighted by atomic mass is 9.95. The van der Waals surface area contributed by atoms with Crippen LogP contribution in [0.3, 0.4) is 0 Å². The number of hydrogen-bond acceptors (Lipinski definition) is 3. The maximum atomic E-state index is 13.9. The molecule has 1 aromatic carbocycles. The van der Waals surface area contributed by atoms with Crippen molar-refractivity contribution in [3.05, 3.63) is 34.1 Å². The summed E-state index contributed by atoms with van der Waals surface area (Å²) in [4.78, 5) is 11.7. The summed E-state index contributed by atoms with van der Waals surface area (Å²) in [7, 11) is 0. The molecule has 0 bridgehead atoms. The van der Waals surface area contributed by atoms with Crippen molar-refractivity contribution < 1.29 is 54.5 Å². The summed E-state index contributed by atoms with van der Waals surface area (Å²) in [5.41, 5.74) is -6.37. The highest BCUT2D eigenvalue weighted by molar-refractivity contribution is 6.03. The van der Waals surface area contributed by atoms with Crippen molar-refractivity contribution in [2.24, 2.45) is 5.92 Å². The van der Waals surface area contributed by atoms with Gasteiger partial charge in [-0.15, -0.1) is 0 Å². The molecule has 0 heterocycles. The Morgan fingerprint density at radius 3 is 1.83 bits per heavy atom. The molecule has 1 aliphatic rings. The normalized spacial score (nSPS) is 22.7. The molecule has 1 aliphatic carbocycles. The van der Waals surface area contributed by atoms with E-state index in [9.17, 15) is 49.4 Å². The summed E-state index contributed by atoms with van der Waals surface area (Å²) >= 11 is 0. The molecule has 24 heavy (non-hydrogen) atoms. The number of carbonyl (C=O) groups is 1. The SMILES string of the molecule is O=C1c2c(F)c(F)c(C(F)(F)F)c(F)c2C(O)C1C(O)C(F)(F)F. The van der Waals surface area contributed by atoms with Crippen molar-refractivity contribution in [3.8, 4) is 0 Å². The molecule has 3 atom stereocenters. The lowest BCUT2D eigenvalue weighted by molar-refractivity contribution is -0.221. The lowest BCUT2D eigenvalue weighted by Gasteiger charge is -2.22. The van der Waals surface area contributed by atoms with Crippen molar-refractivity contribution in [3.63, 3.8) is 0 Å². The van der Waals surface area contributed by atoms with Gasteiger partial charge >= 0.3 is 12.4 Å². The Kier molecular flexibility index (Phi) is 4.12. The fourth-order valence-corrected chi connectivity index (χ4v) is 2.46. The minimum Gasteiger partial charge on any atom is -0.387 e. The van der Waals surface area contributed by atoms with Gasteiger partial charge in [0.2, 0.25) is 0 Å². The van der Waals surface area contributed by atoms with Crippen LogP contribution in [-0.2, 0) is 6.18 Å². The lowest BCUT2D eigenvalue weighted by Crippen LogP contribution is -2.40. The van der Waals surface area contributed by atoms with Crippen LogP contribution in [0.2, 0.25) is 0 Å². The van der Waals surface area contributed by atoms with E-state index in [0.717, 1.165) is 0 Å². The van der Waals surface area contributed by atoms with E-state index in [2.05, 4.69) is 0 Å². The number of benzene rings is 1. The number of Topliss-reactive ketones (excluding diaryl/α,β-unsaturated/α-hetero) is 1. The molecule has 12 heteroatoms. The zero-order chi connectivity index (χ0) is 18.8. The van der Waals surface area contributed by atoms with Gasteiger partial charge in [-0.3, -0.25) is 4.79 Å². The van der Waals surface area contributed by atoms with E-state index in [-0.39, 0.29) is 0 Å². The topological polar surface area (TPSA) is 57.5 Å². The van der Waals surface area contributed by atoms with Crippen LogP contribution < -0.4 is 0 Å². The average Bonchev–Trinajstić information content (AvgIpc) is 2.65. The summed E-state index contributed by atoms with van der Waals surface area (Å²) in [6.45, 7) is 0. The van der Waals surface area contributed by atoms with Crippen molar-refractivity contribution in [2.75, 3.05) is 0 Å². The van der Waals surface area contributed by atoms with Crippen LogP contribution in [-0.4, -0.2) is 28.3 Å². The predicted molar refractivity (Wildman–Crippen MR) is 56.2 cm³/mol. The quantitative estimate of drug-likeness (QED) is 0.592. The highest BCUT2D eigenvalue weighted by atomic mass is 19.4. The highest BCUT2D eigenvalue weighted by Gasteiger charge is 2.57. The molecule has 0 radical (unpaired) electrons. The Morgan fingerprint density at radius 2 is 1.42 bits per heavy atom. The Hall–Kier alpha value is -1.82. The van der Waals surface area contributed by atoms with Crippen molar-refractivity contribution in [2.45, 2.75) is 24.6 Å². The second-order valence-corrected chi connectivity index (χ2v) is 4.92. The standard InChI is InChI=1S/C12H5F9O3/c13-5-1-2(6(14)7(15)4(5)11(16,17)18)9(23)3(8(1)22)10(24)12(19,20)21/h3,8,10,22,24H.